The Bertz CT molecular complexity index is 552. The summed E-state index contributed by atoms with van der Waals surface area (Å²) in [5.74, 6) is 0. The topological polar surface area (TPSA) is 29.3 Å². The Morgan fingerprint density at radius 2 is 1.85 bits per heavy atom. The Morgan fingerprint density at radius 3 is 2.40 bits per heavy atom. The Labute approximate surface area is 129 Å². The summed E-state index contributed by atoms with van der Waals surface area (Å²) in [7, 11) is 0. The zero-order valence-corrected chi connectivity index (χ0v) is 13.6. The molecule has 0 fully saturated rings. The van der Waals surface area contributed by atoms with Crippen molar-refractivity contribution in [3.63, 3.8) is 0 Å². The van der Waals surface area contributed by atoms with E-state index in [0.29, 0.717) is 0 Å². The highest BCUT2D eigenvalue weighted by Gasteiger charge is 2.10. The van der Waals surface area contributed by atoms with Crippen LogP contribution in [0.3, 0.4) is 0 Å². The van der Waals surface area contributed by atoms with E-state index in [1.807, 2.05) is 13.0 Å². The number of hydrogen-bond donors (Lipinski definition) is 1. The zero-order chi connectivity index (χ0) is 14.5. The predicted molar refractivity (Wildman–Crippen MR) is 89.9 cm³/mol. The summed E-state index contributed by atoms with van der Waals surface area (Å²) in [5.41, 5.74) is 9.61. The molecule has 0 saturated heterocycles. The summed E-state index contributed by atoms with van der Waals surface area (Å²) >= 11 is 3.67. The molecule has 0 heterocycles. The van der Waals surface area contributed by atoms with Gasteiger partial charge in [-0.15, -0.1) is 0 Å². The average Bonchev–Trinajstić information content (AvgIpc) is 2.46. The molecule has 2 aromatic carbocycles. The van der Waals surface area contributed by atoms with Gasteiger partial charge in [0.05, 0.1) is 5.69 Å². The van der Waals surface area contributed by atoms with Crippen molar-refractivity contribution >= 4 is 21.6 Å². The van der Waals surface area contributed by atoms with Crippen LogP contribution in [0.15, 0.2) is 53.0 Å². The van der Waals surface area contributed by atoms with E-state index in [4.69, 9.17) is 5.73 Å². The van der Waals surface area contributed by atoms with Crippen LogP contribution in [0.2, 0.25) is 0 Å². The maximum absolute atomic E-state index is 5.93. The molecule has 20 heavy (non-hydrogen) atoms. The molecule has 0 bridgehead atoms. The van der Waals surface area contributed by atoms with Crippen LogP contribution < -0.4 is 10.6 Å². The predicted octanol–water partition coefficient (Wildman–Crippen LogP) is 4.50. The van der Waals surface area contributed by atoms with E-state index >= 15 is 0 Å². The second kappa shape index (κ2) is 6.91. The lowest BCUT2D eigenvalue weighted by atomic mass is 10.1. The molecule has 0 aromatic heterocycles. The summed E-state index contributed by atoms with van der Waals surface area (Å²) < 4.78 is 1.10. The van der Waals surface area contributed by atoms with E-state index in [2.05, 4.69) is 70.2 Å². The van der Waals surface area contributed by atoms with Crippen molar-refractivity contribution in [3.05, 3.63) is 64.1 Å². The van der Waals surface area contributed by atoms with E-state index in [1.165, 1.54) is 11.3 Å². The Hall–Kier alpha value is -1.32. The normalized spacial score (nSPS) is 12.2. The minimum absolute atomic E-state index is 0.0598. The third-order valence-corrected chi connectivity index (χ3v) is 4.07. The molecule has 2 nitrogen and oxygen atoms in total. The van der Waals surface area contributed by atoms with Crippen LogP contribution in [0.1, 0.15) is 31.0 Å². The number of halogens is 1. The maximum Gasteiger partial charge on any atom is 0.0513 e. The van der Waals surface area contributed by atoms with Crippen molar-refractivity contribution in [1.82, 2.24) is 0 Å². The monoisotopic (exact) mass is 332 g/mol. The van der Waals surface area contributed by atoms with Gasteiger partial charge in [0, 0.05) is 23.6 Å². The number of hydrogen-bond acceptors (Lipinski definition) is 2. The lowest BCUT2D eigenvalue weighted by Gasteiger charge is -2.25. The molecule has 0 aliphatic rings. The molecule has 1 atom stereocenters. The smallest absolute Gasteiger partial charge is 0.0513 e. The van der Waals surface area contributed by atoms with Crippen molar-refractivity contribution < 1.29 is 0 Å². The van der Waals surface area contributed by atoms with Gasteiger partial charge in [-0.1, -0.05) is 36.4 Å². The van der Waals surface area contributed by atoms with Gasteiger partial charge >= 0.3 is 0 Å². The van der Waals surface area contributed by atoms with Gasteiger partial charge in [0.2, 0.25) is 0 Å². The third kappa shape index (κ3) is 3.62. The molecular formula is C17H21BrN2. The minimum atomic E-state index is 0.0598. The van der Waals surface area contributed by atoms with Gasteiger partial charge in [-0.2, -0.15) is 0 Å². The van der Waals surface area contributed by atoms with Crippen LogP contribution >= 0.6 is 15.9 Å². The van der Waals surface area contributed by atoms with Gasteiger partial charge < -0.3 is 10.6 Å². The summed E-state index contributed by atoms with van der Waals surface area (Å²) in [6.07, 6.45) is 0. The third-order valence-electron chi connectivity index (χ3n) is 3.44. The summed E-state index contributed by atoms with van der Waals surface area (Å²) in [6, 6.07) is 17.0. The molecule has 2 rings (SSSR count). The van der Waals surface area contributed by atoms with Crippen LogP contribution in [-0.2, 0) is 6.54 Å². The fraction of sp³-hybridized carbons (Fsp3) is 0.294. The highest BCUT2D eigenvalue weighted by Crippen LogP contribution is 2.30. The van der Waals surface area contributed by atoms with Crippen molar-refractivity contribution in [3.8, 4) is 0 Å². The molecule has 0 saturated carbocycles. The molecular weight excluding hydrogens is 312 g/mol. The van der Waals surface area contributed by atoms with E-state index in [9.17, 15) is 0 Å². The van der Waals surface area contributed by atoms with Crippen LogP contribution in [0, 0.1) is 0 Å². The van der Waals surface area contributed by atoms with Gasteiger partial charge in [0.15, 0.2) is 0 Å². The molecule has 0 amide bonds. The SMILES string of the molecule is CCN(Cc1ccccc1)c1ccc([C@H](C)N)cc1Br. The molecule has 2 aromatic rings. The highest BCUT2D eigenvalue weighted by atomic mass is 79.9. The lowest BCUT2D eigenvalue weighted by Crippen LogP contribution is -2.22. The molecule has 0 aliphatic carbocycles. The first-order valence-electron chi connectivity index (χ1n) is 6.95. The van der Waals surface area contributed by atoms with Gasteiger partial charge in [-0.25, -0.2) is 0 Å². The van der Waals surface area contributed by atoms with Crippen LogP contribution in [0.5, 0.6) is 0 Å². The number of anilines is 1. The second-order valence-corrected chi connectivity index (χ2v) is 5.85. The number of benzene rings is 2. The van der Waals surface area contributed by atoms with Gasteiger partial charge in [0.1, 0.15) is 0 Å². The summed E-state index contributed by atoms with van der Waals surface area (Å²) in [4.78, 5) is 2.35. The average molecular weight is 333 g/mol. The Kier molecular flexibility index (Phi) is 5.21. The Morgan fingerprint density at radius 1 is 1.15 bits per heavy atom. The summed E-state index contributed by atoms with van der Waals surface area (Å²) in [5, 5.41) is 0. The van der Waals surface area contributed by atoms with Crippen molar-refractivity contribution in [2.24, 2.45) is 5.73 Å². The van der Waals surface area contributed by atoms with Gasteiger partial charge in [0.25, 0.3) is 0 Å². The van der Waals surface area contributed by atoms with Crippen molar-refractivity contribution in [1.29, 1.82) is 0 Å². The molecule has 0 unspecified atom stereocenters. The quantitative estimate of drug-likeness (QED) is 0.873. The molecule has 0 radical (unpaired) electrons. The molecule has 2 N–H and O–H groups in total. The van der Waals surface area contributed by atoms with Crippen molar-refractivity contribution in [2.45, 2.75) is 26.4 Å². The first-order valence-corrected chi connectivity index (χ1v) is 7.75. The first-order chi connectivity index (χ1) is 9.61. The van der Waals surface area contributed by atoms with Crippen LogP contribution in [0.25, 0.3) is 0 Å². The molecule has 0 spiro atoms. The molecule has 106 valence electrons. The first kappa shape index (κ1) is 15.1. The molecule has 0 aliphatic heterocycles. The lowest BCUT2D eigenvalue weighted by molar-refractivity contribution is 0.808. The van der Waals surface area contributed by atoms with Crippen LogP contribution in [-0.4, -0.2) is 6.54 Å². The fourth-order valence-corrected chi connectivity index (χ4v) is 2.88. The van der Waals surface area contributed by atoms with Gasteiger partial charge in [-0.3, -0.25) is 0 Å². The van der Waals surface area contributed by atoms with E-state index < -0.39 is 0 Å². The van der Waals surface area contributed by atoms with E-state index in [0.717, 1.165) is 23.1 Å². The largest absolute Gasteiger partial charge is 0.367 e. The van der Waals surface area contributed by atoms with Crippen LogP contribution in [0.4, 0.5) is 5.69 Å². The summed E-state index contributed by atoms with van der Waals surface area (Å²) in [6.45, 7) is 6.05. The van der Waals surface area contributed by atoms with E-state index in [1.54, 1.807) is 0 Å². The number of nitrogens with two attached hydrogens (primary N) is 1. The number of rotatable bonds is 5. The zero-order valence-electron chi connectivity index (χ0n) is 12.0. The Balaban J connectivity index is 2.23. The fourth-order valence-electron chi connectivity index (χ4n) is 2.23. The standard InChI is InChI=1S/C17H21BrN2/c1-3-20(12-14-7-5-4-6-8-14)17-10-9-15(13(2)19)11-16(17)18/h4-11,13H,3,12,19H2,1-2H3/t13-/m0/s1. The second-order valence-electron chi connectivity index (χ2n) is 5.00. The van der Waals surface area contributed by atoms with Gasteiger partial charge in [-0.05, 0) is 53.0 Å². The molecule has 3 heteroatoms. The number of nitrogens with zero attached hydrogens (tertiary/aromatic N) is 1. The van der Waals surface area contributed by atoms with Crippen molar-refractivity contribution in [2.75, 3.05) is 11.4 Å². The minimum Gasteiger partial charge on any atom is -0.367 e. The maximum atomic E-state index is 5.93. The highest BCUT2D eigenvalue weighted by molar-refractivity contribution is 9.10. The van der Waals surface area contributed by atoms with E-state index in [-0.39, 0.29) is 6.04 Å².